The summed E-state index contributed by atoms with van der Waals surface area (Å²) in [5.74, 6) is -0.411. The van der Waals surface area contributed by atoms with Crippen molar-refractivity contribution in [3.8, 4) is 0 Å². The molecular weight excluding hydrogens is 196 g/mol. The first-order chi connectivity index (χ1) is 7.11. The molecule has 0 aliphatic heterocycles. The number of hydrogen-bond acceptors (Lipinski definition) is 4. The molecule has 5 nitrogen and oxygen atoms in total. The minimum atomic E-state index is -0.411. The number of ether oxygens (including phenoxy) is 1. The molecule has 1 rings (SSSR count). The van der Waals surface area contributed by atoms with E-state index in [0.717, 1.165) is 5.69 Å². The van der Waals surface area contributed by atoms with E-state index >= 15 is 0 Å². The van der Waals surface area contributed by atoms with Gasteiger partial charge in [-0.1, -0.05) is 0 Å². The molecule has 1 atom stereocenters. The monoisotopic (exact) mass is 208 g/mol. The number of isocyanates is 1. The SMILES string of the molecule is COC(=O)c1ccc(C(C)N=C=O)n1C. The van der Waals surface area contributed by atoms with E-state index in [-0.39, 0.29) is 6.04 Å². The fourth-order valence-electron chi connectivity index (χ4n) is 1.40. The zero-order chi connectivity index (χ0) is 11.4. The fraction of sp³-hybridized carbons (Fsp3) is 0.400. The van der Waals surface area contributed by atoms with Crippen molar-refractivity contribution in [3.63, 3.8) is 0 Å². The van der Waals surface area contributed by atoms with Crippen LogP contribution in [0.5, 0.6) is 0 Å². The van der Waals surface area contributed by atoms with E-state index in [1.54, 1.807) is 30.7 Å². The molecule has 1 aromatic heterocycles. The highest BCUT2D eigenvalue weighted by atomic mass is 16.5. The van der Waals surface area contributed by atoms with Gasteiger partial charge >= 0.3 is 5.97 Å². The van der Waals surface area contributed by atoms with Gasteiger partial charge in [-0.15, -0.1) is 0 Å². The van der Waals surface area contributed by atoms with Crippen LogP contribution in [0.2, 0.25) is 0 Å². The van der Waals surface area contributed by atoms with Crippen molar-refractivity contribution in [2.75, 3.05) is 7.11 Å². The summed E-state index contributed by atoms with van der Waals surface area (Å²) in [5.41, 5.74) is 1.19. The maximum absolute atomic E-state index is 11.3. The third kappa shape index (κ3) is 2.14. The predicted molar refractivity (Wildman–Crippen MR) is 53.3 cm³/mol. The second-order valence-electron chi connectivity index (χ2n) is 3.09. The molecule has 1 unspecified atom stereocenters. The largest absolute Gasteiger partial charge is 0.464 e. The summed E-state index contributed by atoms with van der Waals surface area (Å²) in [6.07, 6.45) is 1.49. The van der Waals surface area contributed by atoms with Crippen molar-refractivity contribution in [1.29, 1.82) is 0 Å². The van der Waals surface area contributed by atoms with Crippen molar-refractivity contribution < 1.29 is 14.3 Å². The Morgan fingerprint density at radius 2 is 2.27 bits per heavy atom. The molecule has 0 N–H and O–H groups in total. The van der Waals surface area contributed by atoms with E-state index in [1.807, 2.05) is 0 Å². The smallest absolute Gasteiger partial charge is 0.354 e. The molecule has 80 valence electrons. The third-order valence-corrected chi connectivity index (χ3v) is 2.23. The van der Waals surface area contributed by atoms with Crippen LogP contribution in [0.3, 0.4) is 0 Å². The van der Waals surface area contributed by atoms with E-state index < -0.39 is 5.97 Å². The Hall–Kier alpha value is -1.87. The maximum atomic E-state index is 11.3. The first-order valence-electron chi connectivity index (χ1n) is 4.42. The third-order valence-electron chi connectivity index (χ3n) is 2.23. The van der Waals surface area contributed by atoms with Crippen molar-refractivity contribution in [1.82, 2.24) is 4.57 Å². The summed E-state index contributed by atoms with van der Waals surface area (Å²) in [4.78, 5) is 25.0. The Balaban J connectivity index is 3.08. The highest BCUT2D eigenvalue weighted by Crippen LogP contribution is 2.18. The Labute approximate surface area is 87.4 Å². The fourth-order valence-corrected chi connectivity index (χ4v) is 1.40. The first kappa shape index (κ1) is 11.2. The topological polar surface area (TPSA) is 60.7 Å². The number of aliphatic imine (C=N–C) groups is 1. The molecule has 15 heavy (non-hydrogen) atoms. The van der Waals surface area contributed by atoms with Crippen LogP contribution in [0.15, 0.2) is 17.1 Å². The molecule has 0 saturated carbocycles. The lowest BCUT2D eigenvalue weighted by molar-refractivity contribution is 0.0589. The molecule has 0 aliphatic rings. The van der Waals surface area contributed by atoms with Crippen LogP contribution < -0.4 is 0 Å². The van der Waals surface area contributed by atoms with Gasteiger partial charge in [-0.2, -0.15) is 4.99 Å². The Bertz CT molecular complexity index is 416. The molecule has 0 amide bonds. The standard InChI is InChI=1S/C10H12N2O3/c1-7(11-6-13)8-4-5-9(12(8)2)10(14)15-3/h4-5,7H,1-3H3. The molecule has 0 aromatic carbocycles. The molecule has 0 saturated heterocycles. The van der Waals surface area contributed by atoms with Gasteiger partial charge < -0.3 is 9.30 Å². The van der Waals surface area contributed by atoms with Gasteiger partial charge in [0.15, 0.2) is 0 Å². The van der Waals surface area contributed by atoms with Gasteiger partial charge in [-0.05, 0) is 19.1 Å². The molecule has 0 aliphatic carbocycles. The normalized spacial score (nSPS) is 11.7. The number of nitrogens with zero attached hydrogens (tertiary/aromatic N) is 2. The van der Waals surface area contributed by atoms with Crippen LogP contribution in [0.4, 0.5) is 0 Å². The molecular formula is C10H12N2O3. The maximum Gasteiger partial charge on any atom is 0.354 e. The Morgan fingerprint density at radius 1 is 1.60 bits per heavy atom. The lowest BCUT2D eigenvalue weighted by atomic mass is 10.2. The molecule has 0 spiro atoms. The summed E-state index contributed by atoms with van der Waals surface area (Å²) >= 11 is 0. The number of esters is 1. The Morgan fingerprint density at radius 3 is 2.80 bits per heavy atom. The molecule has 5 heteroatoms. The highest BCUT2D eigenvalue weighted by molar-refractivity contribution is 5.87. The van der Waals surface area contributed by atoms with Crippen LogP contribution in [0.1, 0.15) is 29.1 Å². The number of carbonyl (C=O) groups excluding carboxylic acids is 2. The molecule has 0 fully saturated rings. The van der Waals surface area contributed by atoms with E-state index in [1.165, 1.54) is 13.2 Å². The lowest BCUT2D eigenvalue weighted by Gasteiger charge is -2.08. The zero-order valence-corrected chi connectivity index (χ0v) is 8.85. The Kier molecular flexibility index (Phi) is 3.42. The van der Waals surface area contributed by atoms with Gasteiger partial charge in [-0.3, -0.25) is 0 Å². The molecule has 0 bridgehead atoms. The van der Waals surface area contributed by atoms with E-state index in [2.05, 4.69) is 9.73 Å². The van der Waals surface area contributed by atoms with Gasteiger partial charge in [0, 0.05) is 12.7 Å². The zero-order valence-electron chi connectivity index (χ0n) is 8.85. The predicted octanol–water partition coefficient (Wildman–Crippen LogP) is 1.21. The number of methoxy groups -OCH3 is 1. The summed E-state index contributed by atoms with van der Waals surface area (Å²) < 4.78 is 6.25. The van der Waals surface area contributed by atoms with Gasteiger partial charge in [0.05, 0.1) is 13.2 Å². The van der Waals surface area contributed by atoms with Gasteiger partial charge in [0.1, 0.15) is 5.69 Å². The summed E-state index contributed by atoms with van der Waals surface area (Å²) in [7, 11) is 3.04. The van der Waals surface area contributed by atoms with Crippen LogP contribution in [0, 0.1) is 0 Å². The van der Waals surface area contributed by atoms with Gasteiger partial charge in [0.25, 0.3) is 0 Å². The minimum Gasteiger partial charge on any atom is -0.464 e. The molecule has 0 radical (unpaired) electrons. The van der Waals surface area contributed by atoms with E-state index in [9.17, 15) is 9.59 Å². The van der Waals surface area contributed by atoms with Gasteiger partial charge in [-0.25, -0.2) is 9.59 Å². The van der Waals surface area contributed by atoms with Crippen molar-refractivity contribution in [2.45, 2.75) is 13.0 Å². The second-order valence-corrected chi connectivity index (χ2v) is 3.09. The van der Waals surface area contributed by atoms with Crippen molar-refractivity contribution in [2.24, 2.45) is 12.0 Å². The number of rotatable bonds is 3. The number of hydrogen-bond donors (Lipinski definition) is 0. The van der Waals surface area contributed by atoms with Gasteiger partial charge in [0.2, 0.25) is 6.08 Å². The van der Waals surface area contributed by atoms with Crippen LogP contribution >= 0.6 is 0 Å². The molecule has 1 heterocycles. The average molecular weight is 208 g/mol. The minimum absolute atomic E-state index is 0.314. The van der Waals surface area contributed by atoms with E-state index in [4.69, 9.17) is 0 Å². The van der Waals surface area contributed by atoms with Crippen LogP contribution in [0.25, 0.3) is 0 Å². The quantitative estimate of drug-likeness (QED) is 0.426. The van der Waals surface area contributed by atoms with Crippen molar-refractivity contribution in [3.05, 3.63) is 23.5 Å². The van der Waals surface area contributed by atoms with Crippen molar-refractivity contribution >= 4 is 12.0 Å². The van der Waals surface area contributed by atoms with Crippen LogP contribution in [-0.4, -0.2) is 23.7 Å². The summed E-state index contributed by atoms with van der Waals surface area (Å²) in [6, 6.07) is 3.06. The molecule has 1 aromatic rings. The second kappa shape index (κ2) is 4.57. The van der Waals surface area contributed by atoms with E-state index in [0.29, 0.717) is 5.69 Å². The summed E-state index contributed by atoms with van der Waals surface area (Å²) in [6.45, 7) is 1.75. The highest BCUT2D eigenvalue weighted by Gasteiger charge is 2.15. The lowest BCUT2D eigenvalue weighted by Crippen LogP contribution is -2.10. The average Bonchev–Trinajstić information content (AvgIpc) is 2.59. The summed E-state index contributed by atoms with van der Waals surface area (Å²) in [5, 5.41) is 0. The number of carbonyl (C=O) groups is 1. The van der Waals surface area contributed by atoms with Crippen LogP contribution in [-0.2, 0) is 16.6 Å². The number of aromatic nitrogens is 1. The first-order valence-corrected chi connectivity index (χ1v) is 4.42.